The van der Waals surface area contributed by atoms with Crippen molar-refractivity contribution < 1.29 is 22.8 Å². The van der Waals surface area contributed by atoms with E-state index < -0.39 is 17.8 Å². The highest BCUT2D eigenvalue weighted by atomic mass is 35.5. The average molecular weight is 673 g/mol. The molecule has 4 aromatic rings. The largest absolute Gasteiger partial charge is 0.416 e. The number of carbonyl (C=O) groups is 2. The van der Waals surface area contributed by atoms with E-state index in [-0.39, 0.29) is 47.4 Å². The minimum absolute atomic E-state index is 0.0314. The Balaban J connectivity index is 1.58. The van der Waals surface area contributed by atoms with E-state index in [9.17, 15) is 27.6 Å². The van der Waals surface area contributed by atoms with Crippen LogP contribution in [0.15, 0.2) is 65.5 Å². The third kappa shape index (κ3) is 6.47. The molecule has 240 valence electrons. The fraction of sp³-hybridized carbons (Fsp3) is 0.273. The third-order valence-corrected chi connectivity index (χ3v) is 8.80. The summed E-state index contributed by atoms with van der Waals surface area (Å²) >= 11 is 12.2. The predicted molar refractivity (Wildman–Crippen MR) is 171 cm³/mol. The van der Waals surface area contributed by atoms with Gasteiger partial charge >= 0.3 is 6.18 Å². The lowest BCUT2D eigenvalue weighted by atomic mass is 9.98. The number of hydrogen-bond donors (Lipinski definition) is 2. The SMILES string of the molecule is CNC(=O)c1ccc(-n2c(N[C@H](C)c3ccc(C(F)(F)F)cc3C)nc3c(c2=O)C[C@@H](C)N(C(=O)c2ccc(Cl)c(Cl)c2)C3)cc1. The Bertz CT molecular complexity index is 1890. The Morgan fingerprint density at radius 2 is 1.67 bits per heavy atom. The lowest BCUT2D eigenvalue weighted by Crippen LogP contribution is -2.46. The Morgan fingerprint density at radius 3 is 2.28 bits per heavy atom. The van der Waals surface area contributed by atoms with Crippen molar-refractivity contribution in [1.82, 2.24) is 19.8 Å². The summed E-state index contributed by atoms with van der Waals surface area (Å²) in [6, 6.07) is 13.6. The predicted octanol–water partition coefficient (Wildman–Crippen LogP) is 6.99. The molecule has 8 nitrogen and oxygen atoms in total. The summed E-state index contributed by atoms with van der Waals surface area (Å²) in [4.78, 5) is 46.3. The van der Waals surface area contributed by atoms with E-state index in [0.29, 0.717) is 44.2 Å². The number of nitrogens with one attached hydrogen (secondary N) is 2. The molecule has 0 radical (unpaired) electrons. The maximum absolute atomic E-state index is 14.2. The van der Waals surface area contributed by atoms with Gasteiger partial charge in [0.2, 0.25) is 5.95 Å². The second-order valence-electron chi connectivity index (χ2n) is 11.2. The first-order valence-corrected chi connectivity index (χ1v) is 15.1. The number of carbonyl (C=O) groups excluding carboxylic acids is 2. The van der Waals surface area contributed by atoms with Crippen molar-refractivity contribution >= 4 is 41.0 Å². The summed E-state index contributed by atoms with van der Waals surface area (Å²) in [6.07, 6.45) is -4.27. The summed E-state index contributed by atoms with van der Waals surface area (Å²) in [5, 5.41) is 6.32. The fourth-order valence-corrected chi connectivity index (χ4v) is 5.88. The van der Waals surface area contributed by atoms with Crippen LogP contribution in [0.25, 0.3) is 5.69 Å². The van der Waals surface area contributed by atoms with Gasteiger partial charge in [0, 0.05) is 29.8 Å². The molecule has 0 saturated heterocycles. The topological polar surface area (TPSA) is 96.3 Å². The van der Waals surface area contributed by atoms with Crippen molar-refractivity contribution in [1.29, 1.82) is 0 Å². The Kier molecular flexibility index (Phi) is 9.19. The number of nitrogens with zero attached hydrogens (tertiary/aromatic N) is 3. The fourth-order valence-electron chi connectivity index (χ4n) is 5.58. The number of fused-ring (bicyclic) bond motifs is 1. The molecule has 2 amide bonds. The number of halogens is 5. The normalized spacial score (nSPS) is 15.2. The number of anilines is 1. The van der Waals surface area contributed by atoms with Crippen LogP contribution < -0.4 is 16.2 Å². The Morgan fingerprint density at radius 1 is 1.00 bits per heavy atom. The summed E-state index contributed by atoms with van der Waals surface area (Å²) < 4.78 is 41.4. The quantitative estimate of drug-likeness (QED) is 0.230. The van der Waals surface area contributed by atoms with Gasteiger partial charge in [0.1, 0.15) is 0 Å². The van der Waals surface area contributed by atoms with Gasteiger partial charge in [0.15, 0.2) is 0 Å². The zero-order chi connectivity index (χ0) is 33.5. The molecule has 0 bridgehead atoms. The molecule has 1 aliphatic rings. The minimum atomic E-state index is -4.49. The third-order valence-electron chi connectivity index (χ3n) is 8.07. The van der Waals surface area contributed by atoms with E-state index in [0.717, 1.165) is 12.1 Å². The molecular formula is C33H30Cl2F3N5O3. The first-order valence-electron chi connectivity index (χ1n) is 14.4. The minimum Gasteiger partial charge on any atom is -0.355 e. The molecule has 1 aliphatic heterocycles. The molecule has 0 saturated carbocycles. The molecule has 0 fully saturated rings. The van der Waals surface area contributed by atoms with Crippen LogP contribution in [0.5, 0.6) is 0 Å². The molecule has 2 atom stereocenters. The van der Waals surface area contributed by atoms with Crippen molar-refractivity contribution in [2.24, 2.45) is 0 Å². The lowest BCUT2D eigenvalue weighted by Gasteiger charge is -2.35. The molecule has 0 aliphatic carbocycles. The van der Waals surface area contributed by atoms with Gasteiger partial charge in [0.25, 0.3) is 17.4 Å². The van der Waals surface area contributed by atoms with Crippen molar-refractivity contribution in [2.45, 2.75) is 52.0 Å². The van der Waals surface area contributed by atoms with E-state index in [1.807, 2.05) is 6.92 Å². The van der Waals surface area contributed by atoms with Crippen LogP contribution in [0.3, 0.4) is 0 Å². The van der Waals surface area contributed by atoms with Crippen molar-refractivity contribution in [3.8, 4) is 5.69 Å². The number of amides is 2. The van der Waals surface area contributed by atoms with E-state index in [2.05, 4.69) is 10.6 Å². The van der Waals surface area contributed by atoms with Crippen LogP contribution in [0.4, 0.5) is 19.1 Å². The van der Waals surface area contributed by atoms with Gasteiger partial charge in [-0.15, -0.1) is 0 Å². The molecule has 2 heterocycles. The first kappa shape index (κ1) is 33.0. The highest BCUT2D eigenvalue weighted by molar-refractivity contribution is 6.42. The van der Waals surface area contributed by atoms with Crippen molar-refractivity contribution in [3.63, 3.8) is 0 Å². The van der Waals surface area contributed by atoms with Gasteiger partial charge in [-0.3, -0.25) is 14.4 Å². The van der Waals surface area contributed by atoms with Gasteiger partial charge in [-0.25, -0.2) is 9.55 Å². The smallest absolute Gasteiger partial charge is 0.355 e. The van der Waals surface area contributed by atoms with E-state index in [4.69, 9.17) is 28.2 Å². The molecule has 0 spiro atoms. The van der Waals surface area contributed by atoms with Crippen molar-refractivity contribution in [2.75, 3.05) is 12.4 Å². The lowest BCUT2D eigenvalue weighted by molar-refractivity contribution is -0.137. The molecule has 3 aromatic carbocycles. The highest BCUT2D eigenvalue weighted by Gasteiger charge is 2.33. The van der Waals surface area contributed by atoms with Crippen molar-refractivity contribution in [3.05, 3.63) is 120 Å². The second kappa shape index (κ2) is 12.8. The number of hydrogen-bond acceptors (Lipinski definition) is 5. The van der Waals surface area contributed by atoms with Gasteiger partial charge < -0.3 is 15.5 Å². The van der Waals surface area contributed by atoms with E-state index >= 15 is 0 Å². The van der Waals surface area contributed by atoms with Gasteiger partial charge in [-0.2, -0.15) is 13.2 Å². The second-order valence-corrected chi connectivity index (χ2v) is 12.0. The van der Waals surface area contributed by atoms with Gasteiger partial charge in [0.05, 0.1) is 39.6 Å². The Hall–Kier alpha value is -4.35. The molecule has 13 heteroatoms. The first-order chi connectivity index (χ1) is 21.7. The number of rotatable bonds is 6. The van der Waals surface area contributed by atoms with Gasteiger partial charge in [-0.05, 0) is 92.9 Å². The van der Waals surface area contributed by atoms with Crippen LogP contribution in [0.2, 0.25) is 10.0 Å². The zero-order valence-electron chi connectivity index (χ0n) is 25.3. The van der Waals surface area contributed by atoms with E-state index in [1.54, 1.807) is 55.1 Å². The number of aromatic nitrogens is 2. The maximum atomic E-state index is 14.2. The summed E-state index contributed by atoms with van der Waals surface area (Å²) in [5.41, 5.74) is 1.80. The molecule has 46 heavy (non-hydrogen) atoms. The molecular weight excluding hydrogens is 642 g/mol. The van der Waals surface area contributed by atoms with Crippen LogP contribution in [0, 0.1) is 6.92 Å². The summed E-state index contributed by atoms with van der Waals surface area (Å²) in [6.45, 7) is 5.20. The Labute approximate surface area is 273 Å². The molecule has 2 N–H and O–H groups in total. The van der Waals surface area contributed by atoms with Crippen LogP contribution in [-0.2, 0) is 19.1 Å². The zero-order valence-corrected chi connectivity index (χ0v) is 26.8. The number of aryl methyl sites for hydroxylation is 1. The summed E-state index contributed by atoms with van der Waals surface area (Å²) in [7, 11) is 1.51. The molecule has 1 aromatic heterocycles. The van der Waals surface area contributed by atoms with Crippen LogP contribution >= 0.6 is 23.2 Å². The summed E-state index contributed by atoms with van der Waals surface area (Å²) in [5.74, 6) is -0.483. The van der Waals surface area contributed by atoms with Crippen LogP contribution in [0.1, 0.15) is 68.6 Å². The van der Waals surface area contributed by atoms with Crippen LogP contribution in [-0.4, -0.2) is 39.4 Å². The average Bonchev–Trinajstić information content (AvgIpc) is 3.01. The van der Waals surface area contributed by atoms with Gasteiger partial charge in [-0.1, -0.05) is 29.3 Å². The maximum Gasteiger partial charge on any atom is 0.416 e. The number of alkyl halides is 3. The molecule has 0 unspecified atom stereocenters. The van der Waals surface area contributed by atoms with E-state index in [1.165, 1.54) is 23.7 Å². The standard InChI is InChI=1S/C33H30Cl2F3N5O3/c1-17-13-22(33(36,37)38)8-11-24(17)19(3)40-32-41-28-16-42(30(45)21-7-12-26(34)27(35)15-21)18(2)14-25(28)31(46)43(32)23-9-5-20(6-10-23)29(44)39-4/h5-13,15,18-19H,14,16H2,1-4H3,(H,39,44)(H,40,41)/t18-,19-/m1/s1. The molecule has 5 rings (SSSR count). The number of benzene rings is 3. The monoisotopic (exact) mass is 671 g/mol. The highest BCUT2D eigenvalue weighted by Crippen LogP contribution is 2.33.